The van der Waals surface area contributed by atoms with E-state index in [4.69, 9.17) is 0 Å². The van der Waals surface area contributed by atoms with E-state index in [-0.39, 0.29) is 18.1 Å². The third-order valence-electron chi connectivity index (χ3n) is 4.22. The fraction of sp³-hybridized carbons (Fsp3) is 0.375. The molecule has 7 nitrogen and oxygen atoms in total. The summed E-state index contributed by atoms with van der Waals surface area (Å²) in [5, 5.41) is 17.1. The molecule has 0 radical (unpaired) electrons. The van der Waals surface area contributed by atoms with Gasteiger partial charge in [0.15, 0.2) is 5.69 Å². The lowest BCUT2D eigenvalue weighted by Gasteiger charge is -2.19. The summed E-state index contributed by atoms with van der Waals surface area (Å²) in [6.45, 7) is 2.82. The second-order valence-electron chi connectivity index (χ2n) is 6.13. The molecule has 7 heteroatoms. The molecule has 0 aliphatic carbocycles. The molecule has 3 rings (SSSR count). The number of likely N-dealkylation sites (tertiary alicyclic amines) is 1. The van der Waals surface area contributed by atoms with Gasteiger partial charge in [0.2, 0.25) is 0 Å². The minimum absolute atomic E-state index is 0.201. The van der Waals surface area contributed by atoms with E-state index >= 15 is 0 Å². The lowest BCUT2D eigenvalue weighted by Crippen LogP contribution is -2.35. The first-order chi connectivity index (χ1) is 11.0. The lowest BCUT2D eigenvalue weighted by atomic mass is 9.90. The lowest BCUT2D eigenvalue weighted by molar-refractivity contribution is -0.147. The highest BCUT2D eigenvalue weighted by Crippen LogP contribution is 2.30. The maximum Gasteiger partial charge on any atom is 0.311 e. The third-order valence-corrected chi connectivity index (χ3v) is 4.22. The Morgan fingerprint density at radius 1 is 1.30 bits per heavy atom. The Labute approximate surface area is 133 Å². The Bertz CT molecular complexity index is 728. The van der Waals surface area contributed by atoms with E-state index in [0.29, 0.717) is 19.5 Å². The molecular weight excluding hydrogens is 296 g/mol. The van der Waals surface area contributed by atoms with Crippen LogP contribution in [0.3, 0.4) is 0 Å². The standard InChI is InChI=1S/C16H18N4O3/c1-16(15(22)23)7-8-19(11-16)14(21)13-10-20(18-17-13)9-12-5-3-2-4-6-12/h2-6,10H,7-9,11H2,1H3,(H,22,23). The number of carbonyl (C=O) groups is 2. The molecule has 120 valence electrons. The van der Waals surface area contributed by atoms with Crippen LogP contribution in [-0.4, -0.2) is 50.0 Å². The van der Waals surface area contributed by atoms with E-state index in [2.05, 4.69) is 10.3 Å². The van der Waals surface area contributed by atoms with Crippen molar-refractivity contribution in [2.75, 3.05) is 13.1 Å². The SMILES string of the molecule is CC1(C(=O)O)CCN(C(=O)c2cn(Cc3ccccc3)nn2)C1. The average Bonchev–Trinajstić information content (AvgIpc) is 3.15. The van der Waals surface area contributed by atoms with Gasteiger partial charge in [-0.1, -0.05) is 35.5 Å². The summed E-state index contributed by atoms with van der Waals surface area (Å²) >= 11 is 0. The highest BCUT2D eigenvalue weighted by Gasteiger charge is 2.42. The maximum absolute atomic E-state index is 12.4. The first kappa shape index (κ1) is 15.2. The minimum atomic E-state index is -0.879. The number of carboxylic acid groups (broad SMARTS) is 1. The highest BCUT2D eigenvalue weighted by atomic mass is 16.4. The van der Waals surface area contributed by atoms with Gasteiger partial charge in [0, 0.05) is 13.1 Å². The van der Waals surface area contributed by atoms with Crippen LogP contribution in [0, 0.1) is 5.41 Å². The van der Waals surface area contributed by atoms with Crippen molar-refractivity contribution in [3.8, 4) is 0 Å². The molecule has 1 saturated heterocycles. The van der Waals surface area contributed by atoms with E-state index in [9.17, 15) is 14.7 Å². The monoisotopic (exact) mass is 314 g/mol. The zero-order valence-electron chi connectivity index (χ0n) is 12.8. The average molecular weight is 314 g/mol. The molecule has 1 aliphatic rings. The second-order valence-corrected chi connectivity index (χ2v) is 6.13. The Kier molecular flexibility index (Phi) is 3.85. The van der Waals surface area contributed by atoms with Crippen LogP contribution >= 0.6 is 0 Å². The summed E-state index contributed by atoms with van der Waals surface area (Å²) in [5.41, 5.74) is 0.432. The van der Waals surface area contributed by atoms with Gasteiger partial charge in [-0.05, 0) is 18.9 Å². The second kappa shape index (κ2) is 5.83. The zero-order valence-corrected chi connectivity index (χ0v) is 12.8. The van der Waals surface area contributed by atoms with Gasteiger partial charge >= 0.3 is 5.97 Å². The number of carboxylic acids is 1. The number of carbonyl (C=O) groups excluding carboxylic acids is 1. The van der Waals surface area contributed by atoms with Crippen molar-refractivity contribution in [1.82, 2.24) is 19.9 Å². The van der Waals surface area contributed by atoms with Crippen molar-refractivity contribution >= 4 is 11.9 Å². The fourth-order valence-electron chi connectivity index (χ4n) is 2.72. The molecule has 0 saturated carbocycles. The van der Waals surface area contributed by atoms with Crippen molar-refractivity contribution in [2.45, 2.75) is 19.9 Å². The van der Waals surface area contributed by atoms with Gasteiger partial charge in [0.25, 0.3) is 5.91 Å². The van der Waals surface area contributed by atoms with Crippen LogP contribution in [0.5, 0.6) is 0 Å². The molecule has 1 N–H and O–H groups in total. The number of aromatic nitrogens is 3. The van der Waals surface area contributed by atoms with Gasteiger partial charge in [-0.15, -0.1) is 5.10 Å². The van der Waals surface area contributed by atoms with Crippen molar-refractivity contribution in [2.24, 2.45) is 5.41 Å². The molecule has 1 aliphatic heterocycles. The molecule has 1 amide bonds. The number of amides is 1. The maximum atomic E-state index is 12.4. The fourth-order valence-corrected chi connectivity index (χ4v) is 2.72. The van der Waals surface area contributed by atoms with Crippen molar-refractivity contribution in [3.63, 3.8) is 0 Å². The van der Waals surface area contributed by atoms with Crippen LogP contribution in [0.4, 0.5) is 0 Å². The molecule has 2 heterocycles. The zero-order chi connectivity index (χ0) is 16.4. The quantitative estimate of drug-likeness (QED) is 0.918. The molecule has 0 bridgehead atoms. The van der Waals surface area contributed by atoms with Gasteiger partial charge in [-0.25, -0.2) is 4.68 Å². The normalized spacial score (nSPS) is 20.7. The van der Waals surface area contributed by atoms with Crippen molar-refractivity contribution < 1.29 is 14.7 Å². The van der Waals surface area contributed by atoms with E-state index in [1.165, 1.54) is 4.90 Å². The summed E-state index contributed by atoms with van der Waals surface area (Å²) in [4.78, 5) is 25.2. The van der Waals surface area contributed by atoms with E-state index < -0.39 is 11.4 Å². The molecule has 2 aromatic rings. The molecule has 23 heavy (non-hydrogen) atoms. The van der Waals surface area contributed by atoms with Gasteiger partial charge in [-0.2, -0.15) is 0 Å². The Morgan fingerprint density at radius 3 is 2.70 bits per heavy atom. The van der Waals surface area contributed by atoms with Gasteiger partial charge < -0.3 is 10.0 Å². The molecule has 1 atom stereocenters. The summed E-state index contributed by atoms with van der Waals surface area (Å²) in [6, 6.07) is 9.76. The van der Waals surface area contributed by atoms with Gasteiger partial charge in [0.05, 0.1) is 18.2 Å². The predicted molar refractivity (Wildman–Crippen MR) is 81.8 cm³/mol. The van der Waals surface area contributed by atoms with Gasteiger partial charge in [0.1, 0.15) is 0 Å². The number of benzene rings is 1. The summed E-state index contributed by atoms with van der Waals surface area (Å²) in [7, 11) is 0. The summed E-state index contributed by atoms with van der Waals surface area (Å²) in [6.07, 6.45) is 2.05. The summed E-state index contributed by atoms with van der Waals surface area (Å²) < 4.78 is 1.61. The number of hydrogen-bond donors (Lipinski definition) is 1. The predicted octanol–water partition coefficient (Wildman–Crippen LogP) is 1.26. The van der Waals surface area contributed by atoms with Crippen LogP contribution in [0.15, 0.2) is 36.5 Å². The third kappa shape index (κ3) is 3.08. The van der Waals surface area contributed by atoms with Crippen molar-refractivity contribution in [3.05, 3.63) is 47.8 Å². The number of nitrogens with zero attached hydrogens (tertiary/aromatic N) is 4. The summed E-state index contributed by atoms with van der Waals surface area (Å²) in [5.74, 6) is -1.14. The molecule has 1 aromatic heterocycles. The van der Waals surface area contributed by atoms with E-state index in [1.54, 1.807) is 17.8 Å². The Hall–Kier alpha value is -2.70. The molecule has 1 aromatic carbocycles. The van der Waals surface area contributed by atoms with Crippen LogP contribution < -0.4 is 0 Å². The topological polar surface area (TPSA) is 88.3 Å². The minimum Gasteiger partial charge on any atom is -0.481 e. The molecule has 0 spiro atoms. The number of rotatable bonds is 4. The highest BCUT2D eigenvalue weighted by molar-refractivity contribution is 5.92. The first-order valence-electron chi connectivity index (χ1n) is 7.45. The van der Waals surface area contributed by atoms with Crippen LogP contribution in [0.2, 0.25) is 0 Å². The molecule has 1 fully saturated rings. The van der Waals surface area contributed by atoms with Gasteiger partial charge in [-0.3, -0.25) is 9.59 Å². The van der Waals surface area contributed by atoms with Crippen LogP contribution in [-0.2, 0) is 11.3 Å². The van der Waals surface area contributed by atoms with Crippen LogP contribution in [0.25, 0.3) is 0 Å². The number of hydrogen-bond acceptors (Lipinski definition) is 4. The molecule has 1 unspecified atom stereocenters. The Morgan fingerprint density at radius 2 is 2.04 bits per heavy atom. The van der Waals surface area contributed by atoms with Crippen molar-refractivity contribution in [1.29, 1.82) is 0 Å². The number of aliphatic carboxylic acids is 1. The van der Waals surface area contributed by atoms with E-state index in [1.807, 2.05) is 30.3 Å². The Balaban J connectivity index is 1.69. The first-order valence-corrected chi connectivity index (χ1v) is 7.45. The van der Waals surface area contributed by atoms with Crippen LogP contribution in [0.1, 0.15) is 29.4 Å². The smallest absolute Gasteiger partial charge is 0.311 e. The van der Waals surface area contributed by atoms with E-state index in [0.717, 1.165) is 5.56 Å². The largest absolute Gasteiger partial charge is 0.481 e. The molecular formula is C16H18N4O3.